The molecule has 7 nitrogen and oxygen atoms in total. The van der Waals surface area contributed by atoms with Crippen molar-refractivity contribution in [2.75, 3.05) is 11.8 Å². The van der Waals surface area contributed by atoms with Crippen LogP contribution in [0.15, 0.2) is 35.4 Å². The Labute approximate surface area is 150 Å². The highest BCUT2D eigenvalue weighted by Gasteiger charge is 2.23. The van der Waals surface area contributed by atoms with Crippen LogP contribution in [0.1, 0.15) is 36.7 Å². The summed E-state index contributed by atoms with van der Waals surface area (Å²) in [4.78, 5) is 14.7. The number of aromatic nitrogens is 1. The van der Waals surface area contributed by atoms with E-state index in [0.717, 1.165) is 23.8 Å². The zero-order valence-corrected chi connectivity index (χ0v) is 15.5. The minimum atomic E-state index is -4.18. The average molecular weight is 382 g/mol. The summed E-state index contributed by atoms with van der Waals surface area (Å²) in [6.07, 6.45) is 1.58. The molecule has 0 fully saturated rings. The molecule has 2 N–H and O–H groups in total. The molecule has 2 aromatic rings. The first-order valence-electron chi connectivity index (χ1n) is 7.56. The number of halogens is 1. The number of methoxy groups -OCH3 is 1. The van der Waals surface area contributed by atoms with Gasteiger partial charge in [-0.2, -0.15) is 0 Å². The Kier molecular flexibility index (Phi) is 5.22. The quantitative estimate of drug-likeness (QED) is 0.823. The number of anilines is 1. The van der Waals surface area contributed by atoms with E-state index < -0.39 is 27.4 Å². The number of nitrogens with one attached hydrogen (secondary N) is 1. The zero-order valence-electron chi connectivity index (χ0n) is 14.7. The molecule has 0 saturated carbocycles. The lowest BCUT2D eigenvalue weighted by Gasteiger charge is -2.20. The number of aromatic carboxylic acids is 1. The van der Waals surface area contributed by atoms with E-state index in [9.17, 15) is 17.6 Å². The number of hydrogen-bond acceptors (Lipinski definition) is 5. The van der Waals surface area contributed by atoms with Crippen LogP contribution in [-0.2, 0) is 15.4 Å². The third-order valence-corrected chi connectivity index (χ3v) is 5.00. The molecule has 1 aromatic heterocycles. The number of sulfonamides is 1. The van der Waals surface area contributed by atoms with Crippen LogP contribution in [-0.4, -0.2) is 31.6 Å². The fourth-order valence-corrected chi connectivity index (χ4v) is 3.21. The molecule has 1 aromatic carbocycles. The van der Waals surface area contributed by atoms with Crippen LogP contribution in [0.5, 0.6) is 5.88 Å². The SMILES string of the molecule is COc1ncc(C(C)(C)C)cc1NS(=O)(=O)c1ccc(F)c(C(=O)O)c1. The summed E-state index contributed by atoms with van der Waals surface area (Å²) < 4.78 is 46.1. The monoisotopic (exact) mass is 382 g/mol. The number of hydrogen-bond donors (Lipinski definition) is 2. The highest BCUT2D eigenvalue weighted by atomic mass is 32.2. The van der Waals surface area contributed by atoms with Gasteiger partial charge in [0.05, 0.1) is 17.6 Å². The van der Waals surface area contributed by atoms with Crippen molar-refractivity contribution in [3.63, 3.8) is 0 Å². The van der Waals surface area contributed by atoms with Gasteiger partial charge in [0, 0.05) is 6.20 Å². The van der Waals surface area contributed by atoms with Gasteiger partial charge in [-0.05, 0) is 35.2 Å². The molecule has 2 rings (SSSR count). The van der Waals surface area contributed by atoms with Crippen LogP contribution in [0.4, 0.5) is 10.1 Å². The molecule has 0 aliphatic carbocycles. The molecule has 9 heteroatoms. The van der Waals surface area contributed by atoms with Crippen LogP contribution in [0.25, 0.3) is 0 Å². The average Bonchev–Trinajstić information content (AvgIpc) is 2.53. The van der Waals surface area contributed by atoms with E-state index in [2.05, 4.69) is 9.71 Å². The molecule has 0 bridgehead atoms. The molecule has 0 saturated heterocycles. The molecular formula is C17H19FN2O5S. The smallest absolute Gasteiger partial charge is 0.338 e. The van der Waals surface area contributed by atoms with E-state index >= 15 is 0 Å². The minimum absolute atomic E-state index is 0.0575. The van der Waals surface area contributed by atoms with Gasteiger partial charge in [-0.3, -0.25) is 4.72 Å². The van der Waals surface area contributed by atoms with Gasteiger partial charge in [0.1, 0.15) is 11.5 Å². The summed E-state index contributed by atoms with van der Waals surface area (Å²) >= 11 is 0. The van der Waals surface area contributed by atoms with E-state index in [1.807, 2.05) is 20.8 Å². The fourth-order valence-electron chi connectivity index (χ4n) is 2.14. The van der Waals surface area contributed by atoms with Crippen molar-refractivity contribution in [1.29, 1.82) is 0 Å². The molecule has 140 valence electrons. The van der Waals surface area contributed by atoms with Gasteiger partial charge in [0.25, 0.3) is 10.0 Å². The van der Waals surface area contributed by atoms with Gasteiger partial charge in [0.2, 0.25) is 5.88 Å². The third-order valence-electron chi connectivity index (χ3n) is 3.63. The molecule has 0 spiro atoms. The van der Waals surface area contributed by atoms with Gasteiger partial charge in [-0.1, -0.05) is 20.8 Å². The maximum absolute atomic E-state index is 13.5. The second-order valence-electron chi connectivity index (χ2n) is 6.58. The first kappa shape index (κ1) is 19.6. The lowest BCUT2D eigenvalue weighted by molar-refractivity contribution is 0.0691. The van der Waals surface area contributed by atoms with Crippen molar-refractivity contribution >= 4 is 21.7 Å². The third kappa shape index (κ3) is 4.10. The summed E-state index contributed by atoms with van der Waals surface area (Å²) in [6.45, 7) is 5.82. The molecule has 0 aliphatic heterocycles. The number of nitrogens with zero attached hydrogens (tertiary/aromatic N) is 1. The number of carboxylic acid groups (broad SMARTS) is 1. The van der Waals surface area contributed by atoms with Crippen molar-refractivity contribution in [2.24, 2.45) is 0 Å². The Morgan fingerprint density at radius 2 is 1.92 bits per heavy atom. The second kappa shape index (κ2) is 6.91. The van der Waals surface area contributed by atoms with Crippen molar-refractivity contribution < 1.29 is 27.4 Å². The fraction of sp³-hybridized carbons (Fsp3) is 0.294. The zero-order chi connectivity index (χ0) is 19.7. The summed E-state index contributed by atoms with van der Waals surface area (Å²) in [7, 11) is -2.84. The van der Waals surface area contributed by atoms with Gasteiger partial charge >= 0.3 is 5.97 Å². The number of rotatable bonds is 5. The van der Waals surface area contributed by atoms with Crippen LogP contribution in [0.2, 0.25) is 0 Å². The predicted molar refractivity (Wildman–Crippen MR) is 93.7 cm³/mol. The molecule has 26 heavy (non-hydrogen) atoms. The minimum Gasteiger partial charge on any atom is -0.480 e. The Balaban J connectivity index is 2.50. The lowest BCUT2D eigenvalue weighted by atomic mass is 9.88. The van der Waals surface area contributed by atoms with Gasteiger partial charge < -0.3 is 9.84 Å². The Hall–Kier alpha value is -2.68. The largest absolute Gasteiger partial charge is 0.480 e. The topological polar surface area (TPSA) is 106 Å². The first-order chi connectivity index (χ1) is 12.0. The van der Waals surface area contributed by atoms with Crippen LogP contribution >= 0.6 is 0 Å². The standard InChI is InChI=1S/C17H19FN2O5S/c1-17(2,3)10-7-14(15(25-4)19-9-10)20-26(23,24)11-5-6-13(18)12(8-11)16(21)22/h5-9,20H,1-4H3,(H,21,22). The van der Waals surface area contributed by atoms with E-state index in [0.29, 0.717) is 0 Å². The molecule has 0 atom stereocenters. The number of benzene rings is 1. The van der Waals surface area contributed by atoms with E-state index in [4.69, 9.17) is 9.84 Å². The first-order valence-corrected chi connectivity index (χ1v) is 9.04. The van der Waals surface area contributed by atoms with E-state index in [1.165, 1.54) is 7.11 Å². The maximum Gasteiger partial charge on any atom is 0.338 e. The van der Waals surface area contributed by atoms with Gasteiger partial charge in [-0.15, -0.1) is 0 Å². The highest BCUT2D eigenvalue weighted by Crippen LogP contribution is 2.31. The summed E-state index contributed by atoms with van der Waals surface area (Å²) in [5, 5.41) is 8.97. The number of carbonyl (C=O) groups is 1. The highest BCUT2D eigenvalue weighted by molar-refractivity contribution is 7.92. The van der Waals surface area contributed by atoms with Gasteiger partial charge in [0.15, 0.2) is 0 Å². The lowest BCUT2D eigenvalue weighted by Crippen LogP contribution is -2.17. The van der Waals surface area contributed by atoms with Crippen molar-refractivity contribution in [3.05, 3.63) is 47.4 Å². The predicted octanol–water partition coefficient (Wildman–Crippen LogP) is 3.03. The molecule has 0 aliphatic rings. The molecule has 1 heterocycles. The van der Waals surface area contributed by atoms with Crippen molar-refractivity contribution in [2.45, 2.75) is 31.1 Å². The molecule has 0 unspecified atom stereocenters. The summed E-state index contributed by atoms with van der Waals surface area (Å²) in [5.74, 6) is -2.53. The van der Waals surface area contributed by atoms with Gasteiger partial charge in [-0.25, -0.2) is 22.6 Å². The molecule has 0 amide bonds. The number of ether oxygens (including phenoxy) is 1. The van der Waals surface area contributed by atoms with E-state index in [1.54, 1.807) is 12.3 Å². The van der Waals surface area contributed by atoms with Crippen molar-refractivity contribution in [1.82, 2.24) is 4.98 Å². The Bertz CT molecular complexity index is 952. The Morgan fingerprint density at radius 3 is 2.46 bits per heavy atom. The Morgan fingerprint density at radius 1 is 1.27 bits per heavy atom. The van der Waals surface area contributed by atoms with Crippen molar-refractivity contribution in [3.8, 4) is 5.88 Å². The summed E-state index contributed by atoms with van der Waals surface area (Å²) in [6, 6.07) is 4.12. The van der Waals surface area contributed by atoms with E-state index in [-0.39, 0.29) is 21.9 Å². The normalized spacial score (nSPS) is 11.9. The van der Waals surface area contributed by atoms with Crippen LogP contribution < -0.4 is 9.46 Å². The molecular weight excluding hydrogens is 363 g/mol. The van der Waals surface area contributed by atoms with Crippen LogP contribution in [0, 0.1) is 5.82 Å². The molecule has 0 radical (unpaired) electrons. The number of carboxylic acids is 1. The number of pyridine rings is 1. The summed E-state index contributed by atoms with van der Waals surface area (Å²) in [5.41, 5.74) is -0.157. The van der Waals surface area contributed by atoms with Crippen LogP contribution in [0.3, 0.4) is 0 Å². The maximum atomic E-state index is 13.5. The second-order valence-corrected chi connectivity index (χ2v) is 8.27.